The monoisotopic (exact) mass is 458 g/mol. The van der Waals surface area contributed by atoms with Gasteiger partial charge in [0.1, 0.15) is 23.7 Å². The van der Waals surface area contributed by atoms with Crippen molar-refractivity contribution in [3.05, 3.63) is 47.5 Å². The third-order valence-electron chi connectivity index (χ3n) is 5.48. The lowest BCUT2D eigenvalue weighted by atomic mass is 10.1. The number of hydrogen-bond donors (Lipinski definition) is 2. The van der Waals surface area contributed by atoms with Gasteiger partial charge in [-0.05, 0) is 30.7 Å². The van der Waals surface area contributed by atoms with Crippen LogP contribution in [0.4, 0.5) is 21.6 Å². The first-order chi connectivity index (χ1) is 15.6. The Hall–Kier alpha value is -2.60. The first kappa shape index (κ1) is 24.1. The van der Waals surface area contributed by atoms with Gasteiger partial charge < -0.3 is 15.4 Å². The summed E-state index contributed by atoms with van der Waals surface area (Å²) in [4.78, 5) is 8.75. The SMILES string of the molecule is CCCCCCCCCCNc1cc2c(Nc3ccc(F)c(Cl)c3)ncnc2cc1OC. The number of fused-ring (bicyclic) bond motifs is 1. The van der Waals surface area contributed by atoms with Crippen LogP contribution < -0.4 is 15.4 Å². The lowest BCUT2D eigenvalue weighted by Crippen LogP contribution is -2.04. The fourth-order valence-electron chi connectivity index (χ4n) is 3.68. The van der Waals surface area contributed by atoms with E-state index in [0.29, 0.717) is 11.5 Å². The van der Waals surface area contributed by atoms with E-state index in [2.05, 4.69) is 27.5 Å². The van der Waals surface area contributed by atoms with Gasteiger partial charge in [0.25, 0.3) is 0 Å². The number of anilines is 3. The van der Waals surface area contributed by atoms with Crippen molar-refractivity contribution < 1.29 is 9.13 Å². The zero-order valence-corrected chi connectivity index (χ0v) is 19.6. The normalized spacial score (nSPS) is 11.0. The third kappa shape index (κ3) is 6.70. The van der Waals surface area contributed by atoms with E-state index in [1.807, 2.05) is 12.1 Å². The molecule has 3 aromatic rings. The minimum absolute atomic E-state index is 0.0581. The Bertz CT molecular complexity index is 1010. The Morgan fingerprint density at radius 1 is 0.969 bits per heavy atom. The number of aromatic nitrogens is 2. The van der Waals surface area contributed by atoms with Crippen LogP contribution in [0.1, 0.15) is 58.3 Å². The largest absolute Gasteiger partial charge is 0.495 e. The molecule has 7 heteroatoms. The molecule has 3 rings (SSSR count). The summed E-state index contributed by atoms with van der Waals surface area (Å²) in [5, 5.41) is 7.61. The van der Waals surface area contributed by atoms with Gasteiger partial charge in [-0.15, -0.1) is 0 Å². The van der Waals surface area contributed by atoms with Crippen LogP contribution in [0.5, 0.6) is 5.75 Å². The highest BCUT2D eigenvalue weighted by molar-refractivity contribution is 6.31. The van der Waals surface area contributed by atoms with Crippen LogP contribution >= 0.6 is 11.6 Å². The number of unbranched alkanes of at least 4 members (excludes halogenated alkanes) is 7. The summed E-state index contributed by atoms with van der Waals surface area (Å²) in [7, 11) is 1.66. The third-order valence-corrected chi connectivity index (χ3v) is 5.77. The molecule has 0 saturated heterocycles. The first-order valence-electron chi connectivity index (χ1n) is 11.4. The predicted octanol–water partition coefficient (Wildman–Crippen LogP) is 7.73. The molecule has 0 fully saturated rings. The van der Waals surface area contributed by atoms with Crippen molar-refractivity contribution in [2.45, 2.75) is 58.3 Å². The first-order valence-corrected chi connectivity index (χ1v) is 11.8. The predicted molar refractivity (Wildman–Crippen MR) is 132 cm³/mol. The van der Waals surface area contributed by atoms with Crippen molar-refractivity contribution in [1.29, 1.82) is 0 Å². The molecule has 0 unspecified atom stereocenters. The van der Waals surface area contributed by atoms with Gasteiger partial charge in [0, 0.05) is 23.7 Å². The Labute approximate surface area is 194 Å². The number of nitrogens with zero attached hydrogens (tertiary/aromatic N) is 2. The summed E-state index contributed by atoms with van der Waals surface area (Å²) in [5.41, 5.74) is 2.31. The summed E-state index contributed by atoms with van der Waals surface area (Å²) >= 11 is 5.91. The fourth-order valence-corrected chi connectivity index (χ4v) is 3.86. The molecule has 172 valence electrons. The minimum Gasteiger partial charge on any atom is -0.495 e. The maximum atomic E-state index is 13.5. The highest BCUT2D eigenvalue weighted by atomic mass is 35.5. The topological polar surface area (TPSA) is 59.1 Å². The van der Waals surface area contributed by atoms with E-state index in [-0.39, 0.29) is 5.02 Å². The van der Waals surface area contributed by atoms with Gasteiger partial charge in [-0.2, -0.15) is 0 Å². The molecular formula is C25H32ClFN4O. The van der Waals surface area contributed by atoms with Gasteiger partial charge >= 0.3 is 0 Å². The van der Waals surface area contributed by atoms with E-state index < -0.39 is 5.82 Å². The molecule has 5 nitrogen and oxygen atoms in total. The molecular weight excluding hydrogens is 427 g/mol. The zero-order chi connectivity index (χ0) is 22.8. The van der Waals surface area contributed by atoms with Crippen molar-refractivity contribution in [1.82, 2.24) is 9.97 Å². The summed E-state index contributed by atoms with van der Waals surface area (Å²) in [6.07, 6.45) is 11.7. The molecule has 1 aromatic heterocycles. The lowest BCUT2D eigenvalue weighted by molar-refractivity contribution is 0.417. The standard InChI is InChI=1S/C25H32ClFN4O/c1-3-4-5-6-7-8-9-10-13-28-23-15-19-22(16-24(23)32-2)29-17-30-25(19)31-18-11-12-21(27)20(26)14-18/h11-12,14-17,28H,3-10,13H2,1-2H3,(H,29,30,31). The number of ether oxygens (including phenoxy) is 1. The molecule has 0 radical (unpaired) electrons. The molecule has 0 aliphatic heterocycles. The van der Waals surface area contributed by atoms with Crippen LogP contribution in [0, 0.1) is 5.82 Å². The van der Waals surface area contributed by atoms with Gasteiger partial charge in [0.05, 0.1) is 23.3 Å². The number of hydrogen-bond acceptors (Lipinski definition) is 5. The van der Waals surface area contributed by atoms with Gasteiger partial charge in [0.15, 0.2) is 0 Å². The Morgan fingerprint density at radius 3 is 2.44 bits per heavy atom. The van der Waals surface area contributed by atoms with E-state index in [4.69, 9.17) is 16.3 Å². The summed E-state index contributed by atoms with van der Waals surface area (Å²) in [5.74, 6) is 0.906. The second-order valence-electron chi connectivity index (χ2n) is 7.95. The van der Waals surface area contributed by atoms with Crippen molar-refractivity contribution in [3.8, 4) is 5.75 Å². The van der Waals surface area contributed by atoms with Gasteiger partial charge in [-0.3, -0.25) is 0 Å². The van der Waals surface area contributed by atoms with Gasteiger partial charge in [0.2, 0.25) is 0 Å². The maximum Gasteiger partial charge on any atom is 0.144 e. The Balaban J connectivity index is 1.66. The molecule has 0 aliphatic carbocycles. The number of nitrogens with one attached hydrogen (secondary N) is 2. The second kappa shape index (κ2) is 12.4. The summed E-state index contributed by atoms with van der Waals surface area (Å²) in [6, 6.07) is 8.38. The van der Waals surface area contributed by atoms with Crippen LogP contribution in [0.25, 0.3) is 10.9 Å². The number of benzene rings is 2. The molecule has 2 aromatic carbocycles. The average Bonchev–Trinajstić information content (AvgIpc) is 2.80. The highest BCUT2D eigenvalue weighted by Crippen LogP contribution is 2.33. The molecule has 1 heterocycles. The summed E-state index contributed by atoms with van der Waals surface area (Å²) in [6.45, 7) is 3.12. The number of halogens is 2. The lowest BCUT2D eigenvalue weighted by Gasteiger charge is -2.14. The van der Waals surface area contributed by atoms with Crippen LogP contribution in [0.2, 0.25) is 5.02 Å². The minimum atomic E-state index is -0.457. The van der Waals surface area contributed by atoms with Crippen molar-refractivity contribution >= 4 is 39.7 Å². The van der Waals surface area contributed by atoms with Crippen LogP contribution in [0.3, 0.4) is 0 Å². The molecule has 0 saturated carbocycles. The molecule has 0 atom stereocenters. The van der Waals surface area contributed by atoms with E-state index in [1.54, 1.807) is 13.2 Å². The van der Waals surface area contributed by atoms with Gasteiger partial charge in [-0.1, -0.05) is 63.5 Å². The van der Waals surface area contributed by atoms with E-state index >= 15 is 0 Å². The molecule has 2 N–H and O–H groups in total. The smallest absolute Gasteiger partial charge is 0.144 e. The maximum absolute atomic E-state index is 13.5. The van der Waals surface area contributed by atoms with Crippen molar-refractivity contribution in [2.24, 2.45) is 0 Å². The van der Waals surface area contributed by atoms with Crippen LogP contribution in [-0.4, -0.2) is 23.6 Å². The molecule has 0 spiro atoms. The number of methoxy groups -OCH3 is 1. The van der Waals surface area contributed by atoms with Gasteiger partial charge in [-0.25, -0.2) is 14.4 Å². The van der Waals surface area contributed by atoms with Crippen LogP contribution in [-0.2, 0) is 0 Å². The molecule has 0 aliphatic rings. The van der Waals surface area contributed by atoms with E-state index in [1.165, 1.54) is 63.4 Å². The average molecular weight is 459 g/mol. The summed E-state index contributed by atoms with van der Waals surface area (Å²) < 4.78 is 19.1. The van der Waals surface area contributed by atoms with Crippen molar-refractivity contribution in [3.63, 3.8) is 0 Å². The second-order valence-corrected chi connectivity index (χ2v) is 8.35. The Morgan fingerprint density at radius 2 is 1.72 bits per heavy atom. The fraction of sp³-hybridized carbons (Fsp3) is 0.440. The van der Waals surface area contributed by atoms with Crippen molar-refractivity contribution in [2.75, 3.05) is 24.3 Å². The van der Waals surface area contributed by atoms with Crippen LogP contribution in [0.15, 0.2) is 36.7 Å². The number of rotatable bonds is 13. The molecule has 0 amide bonds. The Kier molecular flexibility index (Phi) is 9.35. The molecule has 0 bridgehead atoms. The molecule has 32 heavy (non-hydrogen) atoms. The zero-order valence-electron chi connectivity index (χ0n) is 18.9. The van der Waals surface area contributed by atoms with E-state index in [9.17, 15) is 4.39 Å². The quantitative estimate of drug-likeness (QED) is 0.256. The highest BCUT2D eigenvalue weighted by Gasteiger charge is 2.11. The van der Waals surface area contributed by atoms with E-state index in [0.717, 1.165) is 35.3 Å².